The molecule has 0 bridgehead atoms. The zero-order valence-corrected chi connectivity index (χ0v) is 14.5. The molecule has 2 N–H and O–H groups in total. The summed E-state index contributed by atoms with van der Waals surface area (Å²) in [6, 6.07) is 12.4. The second-order valence-corrected chi connectivity index (χ2v) is 6.02. The van der Waals surface area contributed by atoms with E-state index >= 15 is 0 Å². The van der Waals surface area contributed by atoms with Gasteiger partial charge in [0.15, 0.2) is 11.5 Å². The highest BCUT2D eigenvalue weighted by molar-refractivity contribution is 9.10. The lowest BCUT2D eigenvalue weighted by Crippen LogP contribution is -2.34. The topological polar surface area (TPSA) is 67.2 Å². The van der Waals surface area contributed by atoms with Gasteiger partial charge in [0.2, 0.25) is 0 Å². The van der Waals surface area contributed by atoms with E-state index in [1.165, 1.54) is 17.9 Å². The molecule has 5 nitrogen and oxygen atoms in total. The predicted molar refractivity (Wildman–Crippen MR) is 97.1 cm³/mol. The minimum atomic E-state index is -0.204. The van der Waals surface area contributed by atoms with E-state index in [1.54, 1.807) is 12.1 Å². The number of H-pyrrole nitrogens is 1. The van der Waals surface area contributed by atoms with E-state index in [0.717, 1.165) is 5.69 Å². The number of aromatic nitrogens is 2. The van der Waals surface area contributed by atoms with Gasteiger partial charge in [-0.3, -0.25) is 9.89 Å². The number of nitrogens with one attached hydrogen (secondary N) is 1. The van der Waals surface area contributed by atoms with Crippen LogP contribution in [-0.2, 0) is 0 Å². The van der Waals surface area contributed by atoms with Crippen molar-refractivity contribution in [3.05, 3.63) is 73.4 Å². The van der Waals surface area contributed by atoms with Crippen LogP contribution in [0, 0.1) is 0 Å². The van der Waals surface area contributed by atoms with Crippen molar-refractivity contribution in [3.8, 4) is 17.2 Å². The molecule has 122 valence electrons. The first-order chi connectivity index (χ1) is 11.5. The molecule has 0 saturated carbocycles. The number of rotatable bonds is 3. The highest BCUT2D eigenvalue weighted by Crippen LogP contribution is 2.32. The number of aromatic hydroxyl groups is 1. The summed E-state index contributed by atoms with van der Waals surface area (Å²) < 4.78 is 7.21. The van der Waals surface area contributed by atoms with Crippen molar-refractivity contribution in [1.29, 1.82) is 0 Å². The number of para-hydroxylation sites is 1. The molecule has 1 heterocycles. The van der Waals surface area contributed by atoms with Gasteiger partial charge in [-0.1, -0.05) is 40.7 Å². The monoisotopic (exact) mass is 386 g/mol. The lowest BCUT2D eigenvalue weighted by Gasteiger charge is -2.06. The van der Waals surface area contributed by atoms with Crippen LogP contribution < -0.4 is 20.9 Å². The lowest BCUT2D eigenvalue weighted by molar-refractivity contribution is 0.373. The summed E-state index contributed by atoms with van der Waals surface area (Å²) in [6.45, 7) is 3.91. The molecule has 0 aliphatic carbocycles. The number of benzene rings is 2. The van der Waals surface area contributed by atoms with Crippen LogP contribution in [0.25, 0.3) is 18.3 Å². The van der Waals surface area contributed by atoms with E-state index in [9.17, 15) is 9.90 Å². The molecule has 0 amide bonds. The summed E-state index contributed by atoms with van der Waals surface area (Å²) in [5.74, 6) is 0.348. The van der Waals surface area contributed by atoms with E-state index in [0.29, 0.717) is 26.4 Å². The Morgan fingerprint density at radius 3 is 2.67 bits per heavy atom. The number of methoxy groups -OCH3 is 1. The van der Waals surface area contributed by atoms with Gasteiger partial charge in [0.1, 0.15) is 0 Å². The molecule has 0 aliphatic heterocycles. The molecule has 0 saturated heterocycles. The Balaban J connectivity index is 2.22. The lowest BCUT2D eigenvalue weighted by atomic mass is 10.1. The average molecular weight is 387 g/mol. The Hall–Kier alpha value is -2.73. The van der Waals surface area contributed by atoms with E-state index in [4.69, 9.17) is 4.74 Å². The molecular formula is C18H15BrN2O3. The van der Waals surface area contributed by atoms with Crippen LogP contribution in [-0.4, -0.2) is 22.0 Å². The summed E-state index contributed by atoms with van der Waals surface area (Å²) >= 11 is 3.38. The molecular weight excluding hydrogens is 372 g/mol. The molecule has 0 unspecified atom stereocenters. The molecule has 0 fully saturated rings. The number of aromatic amines is 1. The van der Waals surface area contributed by atoms with Crippen molar-refractivity contribution in [1.82, 2.24) is 9.78 Å². The standard InChI is InChI=1S/C18H15BrN2O3/c1-11-14(8-12-9-17(24-2)16(22)10-15(12)19)18(23)21(20-11)13-6-4-3-5-7-13/h3-10,20,22H,1H2,2H3. The largest absolute Gasteiger partial charge is 0.504 e. The zero-order valence-electron chi connectivity index (χ0n) is 12.9. The van der Waals surface area contributed by atoms with Gasteiger partial charge in [0.25, 0.3) is 5.56 Å². The molecule has 3 aromatic rings. The van der Waals surface area contributed by atoms with E-state index in [-0.39, 0.29) is 11.3 Å². The fourth-order valence-electron chi connectivity index (χ4n) is 2.39. The maximum Gasteiger partial charge on any atom is 0.279 e. The number of hydrogen-bond acceptors (Lipinski definition) is 3. The number of phenols is 1. The first-order valence-electron chi connectivity index (χ1n) is 7.15. The average Bonchev–Trinajstić information content (AvgIpc) is 2.86. The zero-order chi connectivity index (χ0) is 17.3. The van der Waals surface area contributed by atoms with Gasteiger partial charge >= 0.3 is 0 Å². The van der Waals surface area contributed by atoms with Crippen LogP contribution in [0.3, 0.4) is 0 Å². The van der Waals surface area contributed by atoms with Crippen LogP contribution in [0.5, 0.6) is 11.5 Å². The molecule has 3 rings (SSSR count). The third kappa shape index (κ3) is 2.88. The van der Waals surface area contributed by atoms with Gasteiger partial charge in [-0.25, -0.2) is 4.68 Å². The van der Waals surface area contributed by atoms with Gasteiger partial charge in [-0.15, -0.1) is 0 Å². The Morgan fingerprint density at radius 1 is 1.29 bits per heavy atom. The quantitative estimate of drug-likeness (QED) is 0.721. The normalized spacial score (nSPS) is 11.7. The Kier molecular flexibility index (Phi) is 4.31. The van der Waals surface area contributed by atoms with E-state index in [1.807, 2.05) is 30.3 Å². The summed E-state index contributed by atoms with van der Waals surface area (Å²) in [4.78, 5) is 12.7. The summed E-state index contributed by atoms with van der Waals surface area (Å²) in [7, 11) is 1.47. The van der Waals surface area contributed by atoms with Crippen molar-refractivity contribution >= 4 is 28.6 Å². The molecule has 24 heavy (non-hydrogen) atoms. The van der Waals surface area contributed by atoms with Crippen LogP contribution >= 0.6 is 15.9 Å². The number of ether oxygens (including phenoxy) is 1. The number of halogens is 1. The van der Waals surface area contributed by atoms with Crippen LogP contribution in [0.1, 0.15) is 5.56 Å². The second kappa shape index (κ2) is 6.41. The molecule has 0 atom stereocenters. The van der Waals surface area contributed by atoms with E-state index in [2.05, 4.69) is 27.6 Å². The maximum atomic E-state index is 12.7. The molecule has 2 aromatic carbocycles. The van der Waals surface area contributed by atoms with Crippen molar-refractivity contribution in [2.75, 3.05) is 7.11 Å². The molecule has 0 aliphatic rings. The van der Waals surface area contributed by atoms with Crippen LogP contribution in [0.4, 0.5) is 0 Å². The number of phenolic OH excluding ortho intramolecular Hbond substituents is 1. The number of nitrogens with zero attached hydrogens (tertiary/aromatic N) is 1. The Morgan fingerprint density at radius 2 is 2.00 bits per heavy atom. The third-order valence-electron chi connectivity index (χ3n) is 3.62. The first kappa shape index (κ1) is 16.1. The van der Waals surface area contributed by atoms with Crippen LogP contribution in [0.15, 0.2) is 51.7 Å². The van der Waals surface area contributed by atoms with Crippen LogP contribution in [0.2, 0.25) is 0 Å². The fraction of sp³-hybridized carbons (Fsp3) is 0.0556. The molecule has 6 heteroatoms. The maximum absolute atomic E-state index is 12.7. The summed E-state index contributed by atoms with van der Waals surface area (Å²) in [6.07, 6.45) is 1.70. The minimum Gasteiger partial charge on any atom is -0.504 e. The highest BCUT2D eigenvalue weighted by Gasteiger charge is 2.09. The fourth-order valence-corrected chi connectivity index (χ4v) is 2.84. The second-order valence-electron chi connectivity index (χ2n) is 5.17. The Bertz CT molecular complexity index is 1050. The smallest absolute Gasteiger partial charge is 0.279 e. The molecule has 1 aromatic heterocycles. The molecule has 0 spiro atoms. The van der Waals surface area contributed by atoms with Crippen molar-refractivity contribution in [2.24, 2.45) is 0 Å². The summed E-state index contributed by atoms with van der Waals surface area (Å²) in [5, 5.41) is 13.7. The van der Waals surface area contributed by atoms with E-state index < -0.39 is 0 Å². The van der Waals surface area contributed by atoms with Crippen molar-refractivity contribution < 1.29 is 9.84 Å². The summed E-state index contributed by atoms with van der Waals surface area (Å²) in [5.41, 5.74) is 1.23. The molecule has 0 radical (unpaired) electrons. The van der Waals surface area contributed by atoms with Crippen molar-refractivity contribution in [3.63, 3.8) is 0 Å². The van der Waals surface area contributed by atoms with Gasteiger partial charge in [-0.05, 0) is 35.9 Å². The van der Waals surface area contributed by atoms with Gasteiger partial charge < -0.3 is 9.84 Å². The Labute approximate surface area is 146 Å². The first-order valence-corrected chi connectivity index (χ1v) is 7.94. The van der Waals surface area contributed by atoms with Gasteiger partial charge in [-0.2, -0.15) is 0 Å². The third-order valence-corrected chi connectivity index (χ3v) is 4.30. The predicted octanol–water partition coefficient (Wildman–Crippen LogP) is 1.88. The number of hydrogen-bond donors (Lipinski definition) is 2. The van der Waals surface area contributed by atoms with Gasteiger partial charge in [0, 0.05) is 4.47 Å². The van der Waals surface area contributed by atoms with Crippen molar-refractivity contribution in [2.45, 2.75) is 0 Å². The highest BCUT2D eigenvalue weighted by atomic mass is 79.9. The SMILES string of the molecule is C=c1[nH]n(-c2ccccc2)c(=O)c1=Cc1cc(OC)c(O)cc1Br. The van der Waals surface area contributed by atoms with Gasteiger partial charge in [0.05, 0.1) is 23.4 Å². The minimum absolute atomic E-state index is 0.0205.